The molecule has 0 saturated heterocycles. The van der Waals surface area contributed by atoms with Gasteiger partial charge >= 0.3 is 5.97 Å². The van der Waals surface area contributed by atoms with Crippen LogP contribution in [0.2, 0.25) is 0 Å². The summed E-state index contributed by atoms with van der Waals surface area (Å²) in [5.74, 6) is 0.469. The first-order chi connectivity index (χ1) is 9.77. The van der Waals surface area contributed by atoms with Crippen LogP contribution in [0.1, 0.15) is 22.5 Å². The number of nitrogens with zero attached hydrogens (tertiary/aromatic N) is 1. The van der Waals surface area contributed by atoms with Gasteiger partial charge in [-0.25, -0.2) is 4.79 Å². The Morgan fingerprint density at radius 2 is 2.35 bits per heavy atom. The Hall–Kier alpha value is -2.01. The number of aromatic nitrogens is 1. The third-order valence-electron chi connectivity index (χ3n) is 3.69. The third-order valence-corrected chi connectivity index (χ3v) is 3.69. The molecular formula is C15H17NO4. The van der Waals surface area contributed by atoms with Crippen molar-refractivity contribution in [3.05, 3.63) is 29.5 Å². The molecule has 0 fully saturated rings. The second-order valence-corrected chi connectivity index (χ2v) is 4.80. The first-order valence-electron chi connectivity index (χ1n) is 6.74. The molecule has 2 heterocycles. The molecule has 0 aliphatic carbocycles. The van der Waals surface area contributed by atoms with Gasteiger partial charge < -0.3 is 19.1 Å². The summed E-state index contributed by atoms with van der Waals surface area (Å²) >= 11 is 0. The summed E-state index contributed by atoms with van der Waals surface area (Å²) in [5, 5.41) is 10.1. The lowest BCUT2D eigenvalue weighted by atomic mass is 10.1. The van der Waals surface area contributed by atoms with Gasteiger partial charge in [0.2, 0.25) is 0 Å². The van der Waals surface area contributed by atoms with E-state index in [1.165, 1.54) is 7.11 Å². The minimum absolute atomic E-state index is 0.101. The molecule has 5 nitrogen and oxygen atoms in total. The summed E-state index contributed by atoms with van der Waals surface area (Å²) in [4.78, 5) is 12.1. The van der Waals surface area contributed by atoms with Gasteiger partial charge in [0.1, 0.15) is 18.1 Å². The van der Waals surface area contributed by atoms with E-state index in [0.29, 0.717) is 31.7 Å². The normalized spacial score (nSPS) is 13.3. The molecule has 1 aliphatic heterocycles. The van der Waals surface area contributed by atoms with Gasteiger partial charge in [-0.1, -0.05) is 12.1 Å². The monoisotopic (exact) mass is 275 g/mol. The van der Waals surface area contributed by atoms with Crippen molar-refractivity contribution in [1.82, 2.24) is 4.57 Å². The lowest BCUT2D eigenvalue weighted by molar-refractivity contribution is 0.0585. The molecule has 20 heavy (non-hydrogen) atoms. The number of aryl methyl sites for hydroxylation is 1. The lowest BCUT2D eigenvalue weighted by Gasteiger charge is -2.18. The number of rotatable bonds is 4. The zero-order chi connectivity index (χ0) is 14.1. The van der Waals surface area contributed by atoms with Gasteiger partial charge in [-0.15, -0.1) is 0 Å². The second kappa shape index (κ2) is 5.17. The largest absolute Gasteiger partial charge is 0.490 e. The summed E-state index contributed by atoms with van der Waals surface area (Å²) in [6.07, 6.45) is 1.27. The molecule has 106 valence electrons. The molecule has 0 bridgehead atoms. The smallest absolute Gasteiger partial charge is 0.355 e. The van der Waals surface area contributed by atoms with Crippen LogP contribution in [0.5, 0.6) is 5.75 Å². The van der Waals surface area contributed by atoms with E-state index in [1.54, 1.807) is 0 Å². The van der Waals surface area contributed by atoms with Crippen LogP contribution >= 0.6 is 0 Å². The van der Waals surface area contributed by atoms with Crippen LogP contribution in [0, 0.1) is 0 Å². The number of esters is 1. The first-order valence-corrected chi connectivity index (χ1v) is 6.74. The highest BCUT2D eigenvalue weighted by Crippen LogP contribution is 2.36. The Balaban J connectivity index is 2.28. The number of hydrogen-bond acceptors (Lipinski definition) is 4. The van der Waals surface area contributed by atoms with E-state index in [9.17, 15) is 4.79 Å². The van der Waals surface area contributed by atoms with Gasteiger partial charge in [-0.05, 0) is 24.5 Å². The SMILES string of the molecule is COC(=O)c1c(CCCO)c2cccc3c2n1CCO3. The number of hydrogen-bond donors (Lipinski definition) is 1. The van der Waals surface area contributed by atoms with Crippen molar-refractivity contribution in [2.24, 2.45) is 0 Å². The molecule has 3 rings (SSSR count). The van der Waals surface area contributed by atoms with E-state index in [2.05, 4.69) is 0 Å². The van der Waals surface area contributed by atoms with Gasteiger partial charge in [0.05, 0.1) is 19.2 Å². The highest BCUT2D eigenvalue weighted by atomic mass is 16.5. The van der Waals surface area contributed by atoms with Crippen LogP contribution in [-0.4, -0.2) is 36.0 Å². The van der Waals surface area contributed by atoms with Crippen LogP contribution < -0.4 is 4.74 Å². The van der Waals surface area contributed by atoms with E-state index >= 15 is 0 Å². The van der Waals surface area contributed by atoms with E-state index in [1.807, 2.05) is 22.8 Å². The quantitative estimate of drug-likeness (QED) is 0.863. The summed E-state index contributed by atoms with van der Waals surface area (Å²) in [7, 11) is 1.39. The van der Waals surface area contributed by atoms with Gasteiger partial charge in [0, 0.05) is 12.0 Å². The van der Waals surface area contributed by atoms with Gasteiger partial charge in [0.15, 0.2) is 0 Å². The van der Waals surface area contributed by atoms with Crippen molar-refractivity contribution < 1.29 is 19.4 Å². The number of carbonyl (C=O) groups excluding carboxylic acids is 1. The fourth-order valence-corrected chi connectivity index (χ4v) is 2.87. The van der Waals surface area contributed by atoms with E-state index in [-0.39, 0.29) is 12.6 Å². The van der Waals surface area contributed by atoms with E-state index < -0.39 is 0 Å². The van der Waals surface area contributed by atoms with Crippen LogP contribution in [0.15, 0.2) is 18.2 Å². The van der Waals surface area contributed by atoms with Crippen molar-refractivity contribution in [3.8, 4) is 5.75 Å². The zero-order valence-electron chi connectivity index (χ0n) is 11.4. The average molecular weight is 275 g/mol. The van der Waals surface area contributed by atoms with Crippen LogP contribution in [-0.2, 0) is 17.7 Å². The number of aliphatic hydroxyl groups excluding tert-OH is 1. The molecule has 0 radical (unpaired) electrons. The molecule has 0 atom stereocenters. The third kappa shape index (κ3) is 1.86. The highest BCUT2D eigenvalue weighted by molar-refractivity contribution is 6.01. The Morgan fingerprint density at radius 1 is 1.50 bits per heavy atom. The van der Waals surface area contributed by atoms with Gasteiger partial charge in [0.25, 0.3) is 0 Å². The fraction of sp³-hybridized carbons (Fsp3) is 0.400. The summed E-state index contributed by atoms with van der Waals surface area (Å²) < 4.78 is 12.6. The van der Waals surface area contributed by atoms with Crippen molar-refractivity contribution in [2.45, 2.75) is 19.4 Å². The molecule has 0 saturated carbocycles. The first kappa shape index (κ1) is 13.0. The van der Waals surface area contributed by atoms with Crippen LogP contribution in [0.4, 0.5) is 0 Å². The predicted molar refractivity (Wildman–Crippen MR) is 74.2 cm³/mol. The summed E-state index contributed by atoms with van der Waals surface area (Å²) in [5.41, 5.74) is 2.48. The molecule has 1 N–H and O–H groups in total. The average Bonchev–Trinajstić information content (AvgIpc) is 2.81. The van der Waals surface area contributed by atoms with Crippen molar-refractivity contribution in [3.63, 3.8) is 0 Å². The number of carbonyl (C=O) groups is 1. The number of para-hydroxylation sites is 1. The number of ether oxygens (including phenoxy) is 2. The molecule has 2 aromatic rings. The molecule has 1 aromatic carbocycles. The van der Waals surface area contributed by atoms with Crippen LogP contribution in [0.3, 0.4) is 0 Å². The molecule has 0 unspecified atom stereocenters. The summed E-state index contributed by atoms with van der Waals surface area (Å²) in [6.45, 7) is 1.28. The zero-order valence-corrected chi connectivity index (χ0v) is 11.4. The summed E-state index contributed by atoms with van der Waals surface area (Å²) in [6, 6.07) is 5.83. The molecule has 0 spiro atoms. The standard InChI is InChI=1S/C15H17NO4/c1-19-15(18)14-11(5-3-8-17)10-4-2-6-12-13(10)16(14)7-9-20-12/h2,4,6,17H,3,5,7-9H2,1H3. The predicted octanol–water partition coefficient (Wildman–Crippen LogP) is 1.75. The van der Waals surface area contributed by atoms with Gasteiger partial charge in [-0.3, -0.25) is 0 Å². The Labute approximate surface area is 116 Å². The maximum Gasteiger partial charge on any atom is 0.355 e. The maximum atomic E-state index is 12.1. The number of methoxy groups -OCH3 is 1. The number of aliphatic hydroxyl groups is 1. The Morgan fingerprint density at radius 3 is 3.10 bits per heavy atom. The molecule has 1 aliphatic rings. The topological polar surface area (TPSA) is 60.7 Å². The second-order valence-electron chi connectivity index (χ2n) is 4.80. The van der Waals surface area contributed by atoms with Crippen molar-refractivity contribution >= 4 is 16.9 Å². The lowest BCUT2D eigenvalue weighted by Crippen LogP contribution is -2.19. The van der Waals surface area contributed by atoms with Crippen molar-refractivity contribution in [2.75, 3.05) is 20.3 Å². The van der Waals surface area contributed by atoms with Crippen molar-refractivity contribution in [1.29, 1.82) is 0 Å². The Bertz CT molecular complexity index is 659. The molecular weight excluding hydrogens is 258 g/mol. The minimum atomic E-state index is -0.331. The molecule has 1 aromatic heterocycles. The van der Waals surface area contributed by atoms with E-state index in [0.717, 1.165) is 22.2 Å². The molecule has 5 heteroatoms. The highest BCUT2D eigenvalue weighted by Gasteiger charge is 2.26. The Kier molecular flexibility index (Phi) is 3.36. The maximum absolute atomic E-state index is 12.1. The number of benzene rings is 1. The molecule has 0 amide bonds. The fourth-order valence-electron chi connectivity index (χ4n) is 2.87. The van der Waals surface area contributed by atoms with E-state index in [4.69, 9.17) is 14.6 Å². The minimum Gasteiger partial charge on any atom is -0.490 e. The van der Waals surface area contributed by atoms with Gasteiger partial charge in [-0.2, -0.15) is 0 Å². The van der Waals surface area contributed by atoms with Crippen LogP contribution in [0.25, 0.3) is 10.9 Å².